The Morgan fingerprint density at radius 2 is 2.05 bits per heavy atom. The molecule has 0 saturated heterocycles. The van der Waals surface area contributed by atoms with Crippen molar-refractivity contribution in [3.63, 3.8) is 0 Å². The van der Waals surface area contributed by atoms with E-state index in [9.17, 15) is 0 Å². The minimum atomic E-state index is 0.285. The normalized spacial score (nSPS) is 12.7. The van der Waals surface area contributed by atoms with Crippen LogP contribution in [0.5, 0.6) is 0 Å². The Balaban J connectivity index is 1.92. The summed E-state index contributed by atoms with van der Waals surface area (Å²) in [6, 6.07) is 10.6. The predicted molar refractivity (Wildman–Crippen MR) is 88.3 cm³/mol. The molecule has 1 aromatic carbocycles. The van der Waals surface area contributed by atoms with Crippen molar-refractivity contribution < 1.29 is 5.11 Å². The van der Waals surface area contributed by atoms with Gasteiger partial charge >= 0.3 is 0 Å². The maximum Gasteiger partial charge on any atom is 0.0705 e. The van der Waals surface area contributed by atoms with Crippen LogP contribution < -0.4 is 5.32 Å². The quantitative estimate of drug-likeness (QED) is 0.781. The lowest BCUT2D eigenvalue weighted by atomic mass is 10.00. The van der Waals surface area contributed by atoms with E-state index in [-0.39, 0.29) is 6.61 Å². The van der Waals surface area contributed by atoms with Crippen molar-refractivity contribution in [1.82, 2.24) is 10.3 Å². The summed E-state index contributed by atoms with van der Waals surface area (Å²) in [5, 5.41) is 13.8. The van der Waals surface area contributed by atoms with Crippen molar-refractivity contribution in [2.24, 2.45) is 5.92 Å². The predicted octanol–water partition coefficient (Wildman–Crippen LogP) is 3.43. The first-order valence-electron chi connectivity index (χ1n) is 7.90. The first-order chi connectivity index (χ1) is 10.2. The maximum atomic E-state index is 9.09. The molecular formula is C18H26N2O. The Morgan fingerprint density at radius 1 is 1.19 bits per heavy atom. The molecule has 2 rings (SSSR count). The largest absolute Gasteiger partial charge is 0.396 e. The summed E-state index contributed by atoms with van der Waals surface area (Å²) < 4.78 is 0. The number of fused-ring (bicyclic) bond motifs is 1. The van der Waals surface area contributed by atoms with Gasteiger partial charge in [-0.15, -0.1) is 0 Å². The van der Waals surface area contributed by atoms with Crippen LogP contribution in [0.25, 0.3) is 10.9 Å². The van der Waals surface area contributed by atoms with Gasteiger partial charge in [-0.25, -0.2) is 0 Å². The van der Waals surface area contributed by atoms with Gasteiger partial charge in [0.2, 0.25) is 0 Å². The highest BCUT2D eigenvalue weighted by atomic mass is 16.3. The first kappa shape index (κ1) is 15.9. The van der Waals surface area contributed by atoms with Crippen LogP contribution in [0.1, 0.15) is 37.4 Å². The van der Waals surface area contributed by atoms with Crippen LogP contribution in [0.4, 0.5) is 0 Å². The Kier molecular flexibility index (Phi) is 6.15. The van der Waals surface area contributed by atoms with E-state index >= 15 is 0 Å². The summed E-state index contributed by atoms with van der Waals surface area (Å²) in [4.78, 5) is 4.53. The number of aromatic nitrogens is 1. The van der Waals surface area contributed by atoms with Crippen molar-refractivity contribution in [2.45, 2.75) is 39.7 Å². The van der Waals surface area contributed by atoms with Gasteiger partial charge in [0, 0.05) is 24.2 Å². The van der Waals surface area contributed by atoms with Gasteiger partial charge in [0.1, 0.15) is 0 Å². The molecule has 0 bridgehead atoms. The van der Waals surface area contributed by atoms with Gasteiger partial charge < -0.3 is 10.4 Å². The van der Waals surface area contributed by atoms with Gasteiger partial charge in [-0.3, -0.25) is 4.98 Å². The molecule has 2 N–H and O–H groups in total. The van der Waals surface area contributed by atoms with Crippen LogP contribution >= 0.6 is 0 Å². The molecule has 21 heavy (non-hydrogen) atoms. The topological polar surface area (TPSA) is 45.1 Å². The summed E-state index contributed by atoms with van der Waals surface area (Å²) in [6.07, 6.45) is 3.24. The van der Waals surface area contributed by atoms with Gasteiger partial charge in [0.05, 0.1) is 5.52 Å². The molecule has 3 heteroatoms. The van der Waals surface area contributed by atoms with E-state index in [1.807, 2.05) is 6.92 Å². The van der Waals surface area contributed by atoms with Gasteiger partial charge in [0.25, 0.3) is 0 Å². The van der Waals surface area contributed by atoms with Crippen molar-refractivity contribution in [3.05, 3.63) is 41.6 Å². The molecule has 0 radical (unpaired) electrons. The van der Waals surface area contributed by atoms with E-state index in [1.165, 1.54) is 23.8 Å². The average molecular weight is 286 g/mol. The molecule has 0 aliphatic heterocycles. The molecule has 0 saturated carbocycles. The van der Waals surface area contributed by atoms with E-state index in [4.69, 9.17) is 5.11 Å². The van der Waals surface area contributed by atoms with Crippen LogP contribution in [0.3, 0.4) is 0 Å². The van der Waals surface area contributed by atoms with Crippen molar-refractivity contribution in [3.8, 4) is 0 Å². The molecule has 1 aromatic heterocycles. The third kappa shape index (κ3) is 4.80. The first-order valence-corrected chi connectivity index (χ1v) is 7.90. The molecule has 0 aliphatic carbocycles. The van der Waals surface area contributed by atoms with Crippen LogP contribution in [0.15, 0.2) is 30.3 Å². The van der Waals surface area contributed by atoms with Crippen molar-refractivity contribution in [2.75, 3.05) is 13.2 Å². The molecule has 0 amide bonds. The fourth-order valence-electron chi connectivity index (χ4n) is 2.75. The zero-order valence-electron chi connectivity index (χ0n) is 13.1. The smallest absolute Gasteiger partial charge is 0.0705 e. The Morgan fingerprint density at radius 3 is 2.81 bits per heavy atom. The second kappa shape index (κ2) is 8.11. The molecular weight excluding hydrogens is 260 g/mol. The van der Waals surface area contributed by atoms with Gasteiger partial charge in [-0.1, -0.05) is 25.5 Å². The number of pyridine rings is 1. The number of aliphatic hydroxyl groups is 1. The number of aryl methyl sites for hydroxylation is 1. The van der Waals surface area contributed by atoms with Crippen LogP contribution in [-0.2, 0) is 6.54 Å². The standard InChI is InChI=1S/C18H26N2O/c1-3-4-15(9-10-21)12-19-13-16-6-8-18-17(11-16)7-5-14(2)20-18/h5-8,11,15,19,21H,3-4,9-10,12-13H2,1-2H3. The molecule has 1 atom stereocenters. The summed E-state index contributed by atoms with van der Waals surface area (Å²) >= 11 is 0. The number of aliphatic hydroxyl groups excluding tert-OH is 1. The Bertz CT molecular complexity index is 562. The summed E-state index contributed by atoms with van der Waals surface area (Å²) in [7, 11) is 0. The molecule has 1 heterocycles. The SMILES string of the molecule is CCCC(CCO)CNCc1ccc2nc(C)ccc2c1. The zero-order chi connectivity index (χ0) is 15.1. The second-order valence-corrected chi connectivity index (χ2v) is 5.78. The Hall–Kier alpha value is -1.45. The van der Waals surface area contributed by atoms with Crippen molar-refractivity contribution in [1.29, 1.82) is 0 Å². The molecule has 3 nitrogen and oxygen atoms in total. The fraction of sp³-hybridized carbons (Fsp3) is 0.500. The number of nitrogens with one attached hydrogen (secondary N) is 1. The van der Waals surface area contributed by atoms with E-state index in [2.05, 4.69) is 47.6 Å². The number of rotatable bonds is 8. The third-order valence-electron chi connectivity index (χ3n) is 3.89. The van der Waals surface area contributed by atoms with Gasteiger partial charge in [-0.2, -0.15) is 0 Å². The molecule has 2 aromatic rings. The van der Waals surface area contributed by atoms with Gasteiger partial charge in [-0.05, 0) is 56.0 Å². The van der Waals surface area contributed by atoms with E-state index in [0.717, 1.165) is 30.7 Å². The van der Waals surface area contributed by atoms with Crippen molar-refractivity contribution >= 4 is 10.9 Å². The van der Waals surface area contributed by atoms with Crippen LogP contribution in [0, 0.1) is 12.8 Å². The number of benzene rings is 1. The van der Waals surface area contributed by atoms with E-state index in [0.29, 0.717) is 5.92 Å². The fourth-order valence-corrected chi connectivity index (χ4v) is 2.75. The van der Waals surface area contributed by atoms with Crippen LogP contribution in [-0.4, -0.2) is 23.2 Å². The van der Waals surface area contributed by atoms with Gasteiger partial charge in [0.15, 0.2) is 0 Å². The molecule has 0 fully saturated rings. The Labute approximate surface area is 127 Å². The second-order valence-electron chi connectivity index (χ2n) is 5.78. The van der Waals surface area contributed by atoms with E-state index < -0.39 is 0 Å². The highest BCUT2D eigenvalue weighted by Gasteiger charge is 2.06. The lowest BCUT2D eigenvalue weighted by molar-refractivity contribution is 0.248. The number of hydrogen-bond donors (Lipinski definition) is 2. The summed E-state index contributed by atoms with van der Waals surface area (Å²) in [5.41, 5.74) is 3.40. The lowest BCUT2D eigenvalue weighted by Crippen LogP contribution is -2.23. The van der Waals surface area contributed by atoms with Crippen LogP contribution in [0.2, 0.25) is 0 Å². The number of hydrogen-bond acceptors (Lipinski definition) is 3. The minimum Gasteiger partial charge on any atom is -0.396 e. The summed E-state index contributed by atoms with van der Waals surface area (Å²) in [6.45, 7) is 6.34. The van der Waals surface area contributed by atoms with E-state index in [1.54, 1.807) is 0 Å². The third-order valence-corrected chi connectivity index (χ3v) is 3.89. The molecule has 0 spiro atoms. The molecule has 0 aliphatic rings. The summed E-state index contributed by atoms with van der Waals surface area (Å²) in [5.74, 6) is 0.574. The zero-order valence-corrected chi connectivity index (χ0v) is 13.1. The maximum absolute atomic E-state index is 9.09. The highest BCUT2D eigenvalue weighted by Crippen LogP contribution is 2.15. The monoisotopic (exact) mass is 286 g/mol. The average Bonchev–Trinajstić information content (AvgIpc) is 2.48. The highest BCUT2D eigenvalue weighted by molar-refractivity contribution is 5.79. The molecule has 1 unspecified atom stereocenters. The number of nitrogens with zero attached hydrogens (tertiary/aromatic N) is 1. The minimum absolute atomic E-state index is 0.285. The molecule has 114 valence electrons. The lowest BCUT2D eigenvalue weighted by Gasteiger charge is -2.15.